The summed E-state index contributed by atoms with van der Waals surface area (Å²) >= 11 is 0. The number of hydrogen-bond acceptors (Lipinski definition) is 1. The van der Waals surface area contributed by atoms with Crippen LogP contribution in [0.4, 0.5) is 0 Å². The first-order chi connectivity index (χ1) is 5.86. The molecule has 0 aliphatic carbocycles. The molecule has 0 aliphatic heterocycles. The smallest absolute Gasteiger partial charge is 0.128 e. The first-order valence-corrected chi connectivity index (χ1v) is 3.93. The summed E-state index contributed by atoms with van der Waals surface area (Å²) in [6.45, 7) is 0.844. The molecule has 0 atom stereocenters. The lowest BCUT2D eigenvalue weighted by molar-refractivity contribution is 0.703. The molecule has 3 heteroatoms. The molecule has 2 rings (SSSR count). The largest absolute Gasteiger partial charge is 0.347 e. The highest BCUT2D eigenvalue weighted by molar-refractivity contribution is 4.97. The average molecular weight is 161 g/mol. The summed E-state index contributed by atoms with van der Waals surface area (Å²) in [5.74, 6) is 1.08. The number of nitrogens with zero attached hydrogens (tertiary/aromatic N) is 3. The summed E-state index contributed by atoms with van der Waals surface area (Å²) in [7, 11) is 2.01. The van der Waals surface area contributed by atoms with E-state index in [0.717, 1.165) is 12.4 Å². The van der Waals surface area contributed by atoms with E-state index in [1.54, 1.807) is 0 Å². The number of rotatable bonds is 2. The van der Waals surface area contributed by atoms with Gasteiger partial charge in [0.2, 0.25) is 0 Å². The Morgan fingerprint density at radius 2 is 2.00 bits per heavy atom. The van der Waals surface area contributed by atoms with Crippen LogP contribution in [0.25, 0.3) is 0 Å². The van der Waals surface area contributed by atoms with Crippen molar-refractivity contribution in [2.75, 3.05) is 0 Å². The van der Waals surface area contributed by atoms with Crippen LogP contribution in [0, 0.1) is 0 Å². The fourth-order valence-electron chi connectivity index (χ4n) is 1.19. The van der Waals surface area contributed by atoms with E-state index >= 15 is 0 Å². The Morgan fingerprint density at radius 1 is 1.25 bits per heavy atom. The minimum absolute atomic E-state index is 0.844. The average Bonchev–Trinajstić information content (AvgIpc) is 2.65. The predicted molar refractivity (Wildman–Crippen MR) is 46.7 cm³/mol. The van der Waals surface area contributed by atoms with Gasteiger partial charge in [0, 0.05) is 31.8 Å². The first kappa shape index (κ1) is 7.16. The number of hydrogen-bond donors (Lipinski definition) is 0. The molecule has 2 heterocycles. The van der Waals surface area contributed by atoms with Gasteiger partial charge in [-0.1, -0.05) is 0 Å². The van der Waals surface area contributed by atoms with E-state index in [-0.39, 0.29) is 0 Å². The molecule has 0 aliphatic rings. The van der Waals surface area contributed by atoms with E-state index in [0.29, 0.717) is 0 Å². The summed E-state index contributed by atoms with van der Waals surface area (Å²) in [5.41, 5.74) is 0. The van der Waals surface area contributed by atoms with Crippen molar-refractivity contribution >= 4 is 0 Å². The van der Waals surface area contributed by atoms with Crippen molar-refractivity contribution in [3.05, 3.63) is 42.7 Å². The molecular weight excluding hydrogens is 150 g/mol. The van der Waals surface area contributed by atoms with Crippen LogP contribution in [-0.4, -0.2) is 14.1 Å². The zero-order valence-electron chi connectivity index (χ0n) is 7.01. The first-order valence-electron chi connectivity index (χ1n) is 3.93. The van der Waals surface area contributed by atoms with Crippen molar-refractivity contribution in [1.29, 1.82) is 0 Å². The normalized spacial score (nSPS) is 10.4. The topological polar surface area (TPSA) is 22.8 Å². The van der Waals surface area contributed by atoms with Crippen LogP contribution >= 0.6 is 0 Å². The van der Waals surface area contributed by atoms with Crippen LogP contribution < -0.4 is 0 Å². The van der Waals surface area contributed by atoms with E-state index < -0.39 is 0 Å². The monoisotopic (exact) mass is 161 g/mol. The second kappa shape index (κ2) is 2.85. The maximum absolute atomic E-state index is 4.23. The number of aromatic nitrogens is 3. The number of imidazole rings is 1. The number of aryl methyl sites for hydroxylation is 1. The fourth-order valence-corrected chi connectivity index (χ4v) is 1.19. The van der Waals surface area contributed by atoms with Gasteiger partial charge in [-0.2, -0.15) is 0 Å². The third-order valence-electron chi connectivity index (χ3n) is 1.91. The molecule has 3 nitrogen and oxygen atoms in total. The van der Waals surface area contributed by atoms with Gasteiger partial charge in [0.15, 0.2) is 0 Å². The summed E-state index contributed by atoms with van der Waals surface area (Å²) < 4.78 is 4.13. The molecule has 0 amide bonds. The van der Waals surface area contributed by atoms with Crippen molar-refractivity contribution in [3.63, 3.8) is 0 Å². The zero-order valence-corrected chi connectivity index (χ0v) is 7.01. The maximum Gasteiger partial charge on any atom is 0.128 e. The molecule has 0 fully saturated rings. The lowest BCUT2D eigenvalue weighted by atomic mass is 10.6. The molecule has 62 valence electrons. The van der Waals surface area contributed by atoms with Gasteiger partial charge in [-0.25, -0.2) is 4.98 Å². The highest BCUT2D eigenvalue weighted by Crippen LogP contribution is 1.98. The Hall–Kier alpha value is -1.51. The van der Waals surface area contributed by atoms with Crippen LogP contribution in [0.3, 0.4) is 0 Å². The molecule has 2 aromatic heterocycles. The zero-order chi connectivity index (χ0) is 8.39. The Bertz CT molecular complexity index is 345. The molecule has 0 saturated heterocycles. The summed E-state index contributed by atoms with van der Waals surface area (Å²) in [6, 6.07) is 4.03. The van der Waals surface area contributed by atoms with Gasteiger partial charge in [0.25, 0.3) is 0 Å². The Morgan fingerprint density at radius 3 is 2.58 bits per heavy atom. The second-order valence-corrected chi connectivity index (χ2v) is 2.81. The highest BCUT2D eigenvalue weighted by atomic mass is 15.1. The SMILES string of the molecule is Cn1ccnc1Cn1cccc1. The van der Waals surface area contributed by atoms with Crippen molar-refractivity contribution < 1.29 is 0 Å². The van der Waals surface area contributed by atoms with Crippen LogP contribution in [-0.2, 0) is 13.6 Å². The maximum atomic E-state index is 4.23. The van der Waals surface area contributed by atoms with Crippen LogP contribution in [0.1, 0.15) is 5.82 Å². The summed E-state index contributed by atoms with van der Waals surface area (Å²) in [6.07, 6.45) is 7.85. The molecular formula is C9H11N3. The van der Waals surface area contributed by atoms with E-state index in [1.165, 1.54) is 0 Å². The predicted octanol–water partition coefficient (Wildman–Crippen LogP) is 1.27. The Balaban J connectivity index is 2.20. The molecule has 0 unspecified atom stereocenters. The van der Waals surface area contributed by atoms with Gasteiger partial charge in [-0.3, -0.25) is 0 Å². The van der Waals surface area contributed by atoms with Gasteiger partial charge in [0.05, 0.1) is 6.54 Å². The molecule has 0 bridgehead atoms. The quantitative estimate of drug-likeness (QED) is 0.650. The molecule has 0 spiro atoms. The van der Waals surface area contributed by atoms with Crippen molar-refractivity contribution in [2.45, 2.75) is 6.54 Å². The van der Waals surface area contributed by atoms with Crippen LogP contribution in [0.15, 0.2) is 36.9 Å². The fraction of sp³-hybridized carbons (Fsp3) is 0.222. The third kappa shape index (κ3) is 1.25. The van der Waals surface area contributed by atoms with Gasteiger partial charge >= 0.3 is 0 Å². The van der Waals surface area contributed by atoms with Crippen molar-refractivity contribution in [1.82, 2.24) is 14.1 Å². The van der Waals surface area contributed by atoms with Crippen molar-refractivity contribution in [2.24, 2.45) is 7.05 Å². The Kier molecular flexibility index (Phi) is 1.70. The molecule has 2 aromatic rings. The van der Waals surface area contributed by atoms with E-state index in [1.807, 2.05) is 48.5 Å². The Labute approximate surface area is 71.3 Å². The van der Waals surface area contributed by atoms with Crippen LogP contribution in [0.5, 0.6) is 0 Å². The van der Waals surface area contributed by atoms with Crippen molar-refractivity contribution in [3.8, 4) is 0 Å². The molecule has 0 radical (unpaired) electrons. The lowest BCUT2D eigenvalue weighted by Crippen LogP contribution is -2.03. The van der Waals surface area contributed by atoms with Gasteiger partial charge in [-0.15, -0.1) is 0 Å². The minimum Gasteiger partial charge on any atom is -0.347 e. The van der Waals surface area contributed by atoms with E-state index in [2.05, 4.69) is 9.55 Å². The van der Waals surface area contributed by atoms with Gasteiger partial charge in [-0.05, 0) is 12.1 Å². The molecule has 12 heavy (non-hydrogen) atoms. The highest BCUT2D eigenvalue weighted by Gasteiger charge is 1.97. The molecule has 0 N–H and O–H groups in total. The molecule has 0 saturated carbocycles. The van der Waals surface area contributed by atoms with E-state index in [9.17, 15) is 0 Å². The minimum atomic E-state index is 0.844. The summed E-state index contributed by atoms with van der Waals surface area (Å²) in [4.78, 5) is 4.23. The molecule has 0 aromatic carbocycles. The standard InChI is InChI=1S/C9H11N3/c1-11-7-4-10-9(11)8-12-5-2-3-6-12/h2-7H,8H2,1H3. The third-order valence-corrected chi connectivity index (χ3v) is 1.91. The lowest BCUT2D eigenvalue weighted by Gasteiger charge is -2.02. The van der Waals surface area contributed by atoms with E-state index in [4.69, 9.17) is 0 Å². The second-order valence-electron chi connectivity index (χ2n) is 2.81. The summed E-state index contributed by atoms with van der Waals surface area (Å²) in [5, 5.41) is 0. The van der Waals surface area contributed by atoms with Gasteiger partial charge < -0.3 is 9.13 Å². The van der Waals surface area contributed by atoms with Crippen LogP contribution in [0.2, 0.25) is 0 Å². The van der Waals surface area contributed by atoms with Gasteiger partial charge in [0.1, 0.15) is 5.82 Å².